The lowest BCUT2D eigenvalue weighted by molar-refractivity contribution is -0.132. The number of halogens is 2. The number of rotatable bonds is 8. The summed E-state index contributed by atoms with van der Waals surface area (Å²) < 4.78 is 38.0. The molecule has 1 aromatic carbocycles. The third-order valence-electron chi connectivity index (χ3n) is 4.51. The van der Waals surface area contributed by atoms with Crippen LogP contribution in [-0.4, -0.2) is 15.8 Å². The number of hydrogen-bond donors (Lipinski definition) is 0. The zero-order chi connectivity index (χ0) is 20.9. The molecule has 5 nitrogen and oxygen atoms in total. The molecule has 0 radical (unpaired) electrons. The molecule has 0 saturated carbocycles. The molecule has 0 saturated heterocycles. The van der Waals surface area contributed by atoms with Gasteiger partial charge in [-0.15, -0.1) is 11.3 Å². The largest absolute Gasteiger partial charge is 0.467 e. The normalized spacial score (nSPS) is 11.0. The minimum absolute atomic E-state index is 0.0764. The Morgan fingerprint density at radius 3 is 2.77 bits per heavy atom. The summed E-state index contributed by atoms with van der Waals surface area (Å²) in [6.07, 6.45) is 3.40. The van der Waals surface area contributed by atoms with Gasteiger partial charge in [-0.05, 0) is 35.7 Å². The van der Waals surface area contributed by atoms with Crippen LogP contribution in [0, 0.1) is 11.6 Å². The highest BCUT2D eigenvalue weighted by atomic mass is 32.1. The van der Waals surface area contributed by atoms with E-state index in [1.807, 2.05) is 23.6 Å². The number of thiophene rings is 1. The zero-order valence-electron chi connectivity index (χ0n) is 15.9. The van der Waals surface area contributed by atoms with E-state index in [1.165, 1.54) is 12.3 Å². The summed E-state index contributed by atoms with van der Waals surface area (Å²) in [5, 5.41) is 1.97. The number of nitrogens with zero attached hydrogens (tertiary/aromatic N) is 2. The van der Waals surface area contributed by atoms with E-state index >= 15 is 0 Å². The van der Waals surface area contributed by atoms with Gasteiger partial charge in [0.1, 0.15) is 17.4 Å². The molecule has 0 bridgehead atoms. The Bertz CT molecular complexity index is 1070. The van der Waals surface area contributed by atoms with Crippen molar-refractivity contribution < 1.29 is 22.4 Å². The van der Waals surface area contributed by atoms with E-state index in [2.05, 4.69) is 4.98 Å². The average molecular weight is 428 g/mol. The maximum atomic E-state index is 13.9. The number of benzene rings is 1. The minimum Gasteiger partial charge on any atom is -0.467 e. The fourth-order valence-electron chi connectivity index (χ4n) is 3.03. The lowest BCUT2D eigenvalue weighted by Crippen LogP contribution is -2.29. The number of carbonyl (C=O) groups excluding carboxylic acids is 1. The van der Waals surface area contributed by atoms with Gasteiger partial charge in [0.25, 0.3) is 0 Å². The number of amides is 1. The number of oxazole rings is 1. The molecule has 4 rings (SSSR count). The van der Waals surface area contributed by atoms with Crippen LogP contribution in [0.15, 0.2) is 69.1 Å². The van der Waals surface area contributed by atoms with Gasteiger partial charge in [0.2, 0.25) is 5.91 Å². The summed E-state index contributed by atoms with van der Waals surface area (Å²) in [4.78, 5) is 19.8. The molecule has 0 N–H and O–H groups in total. The summed E-state index contributed by atoms with van der Waals surface area (Å²) in [7, 11) is 0. The van der Waals surface area contributed by atoms with Gasteiger partial charge in [-0.2, -0.15) is 0 Å². The number of hydrogen-bond acceptors (Lipinski definition) is 5. The molecule has 0 fully saturated rings. The second-order valence-corrected chi connectivity index (χ2v) is 7.68. The first kappa shape index (κ1) is 20.0. The van der Waals surface area contributed by atoms with Crippen LogP contribution >= 0.6 is 11.3 Å². The van der Waals surface area contributed by atoms with Crippen molar-refractivity contribution >= 4 is 17.2 Å². The van der Waals surface area contributed by atoms with Gasteiger partial charge in [-0.3, -0.25) is 4.79 Å². The Hall–Kier alpha value is -3.26. The summed E-state index contributed by atoms with van der Waals surface area (Å²) in [5.41, 5.74) is 0.124. The molecular formula is C22H18F2N2O3S. The van der Waals surface area contributed by atoms with Crippen LogP contribution in [0.1, 0.15) is 22.9 Å². The first-order valence-electron chi connectivity index (χ1n) is 9.31. The molecule has 0 atom stereocenters. The van der Waals surface area contributed by atoms with E-state index in [9.17, 15) is 13.6 Å². The van der Waals surface area contributed by atoms with E-state index in [-0.39, 0.29) is 30.1 Å². The highest BCUT2D eigenvalue weighted by molar-refractivity contribution is 7.09. The Kier molecular flexibility index (Phi) is 6.04. The summed E-state index contributed by atoms with van der Waals surface area (Å²) in [6.45, 7) is 0.843. The van der Waals surface area contributed by atoms with Crippen LogP contribution in [0.2, 0.25) is 0 Å². The van der Waals surface area contributed by atoms with E-state index in [1.54, 1.807) is 28.6 Å². The number of carbonyl (C=O) groups is 1. The maximum absolute atomic E-state index is 13.9. The van der Waals surface area contributed by atoms with Crippen LogP contribution < -0.4 is 0 Å². The van der Waals surface area contributed by atoms with Gasteiger partial charge in [0.05, 0.1) is 31.1 Å². The van der Waals surface area contributed by atoms with Crippen LogP contribution in [-0.2, 0) is 24.3 Å². The standard InChI is InChI=1S/C22H18F2N2O3S/c23-15-5-6-18(19(24)11-15)20-12-25-21(29-20)7-8-22(27)26(13-16-3-1-9-28-16)14-17-4-2-10-30-17/h1-6,9-12H,7-8,13-14H2. The first-order valence-corrected chi connectivity index (χ1v) is 10.2. The van der Waals surface area contributed by atoms with Crippen molar-refractivity contribution in [3.8, 4) is 11.3 Å². The molecule has 154 valence electrons. The van der Waals surface area contributed by atoms with Gasteiger partial charge < -0.3 is 13.7 Å². The van der Waals surface area contributed by atoms with E-state index in [0.717, 1.165) is 17.0 Å². The molecule has 4 aromatic rings. The molecule has 0 aliphatic heterocycles. The van der Waals surface area contributed by atoms with Crippen molar-refractivity contribution in [3.05, 3.63) is 88.5 Å². The molecule has 0 aliphatic rings. The van der Waals surface area contributed by atoms with Gasteiger partial charge in [0.15, 0.2) is 11.7 Å². The third kappa shape index (κ3) is 4.83. The van der Waals surface area contributed by atoms with Gasteiger partial charge in [0, 0.05) is 23.8 Å². The number of aryl methyl sites for hydroxylation is 1. The fourth-order valence-corrected chi connectivity index (χ4v) is 3.74. The molecule has 3 aromatic heterocycles. The lowest BCUT2D eigenvalue weighted by atomic mass is 10.2. The highest BCUT2D eigenvalue weighted by Gasteiger charge is 2.18. The van der Waals surface area contributed by atoms with Crippen molar-refractivity contribution in [2.75, 3.05) is 0 Å². The van der Waals surface area contributed by atoms with Crippen LogP contribution in [0.5, 0.6) is 0 Å². The molecule has 0 unspecified atom stereocenters. The van der Waals surface area contributed by atoms with Gasteiger partial charge in [-0.25, -0.2) is 13.8 Å². The van der Waals surface area contributed by atoms with Crippen LogP contribution in [0.25, 0.3) is 11.3 Å². The van der Waals surface area contributed by atoms with Crippen molar-refractivity contribution in [1.82, 2.24) is 9.88 Å². The zero-order valence-corrected chi connectivity index (χ0v) is 16.7. The Labute approximate surface area is 175 Å². The minimum atomic E-state index is -0.727. The molecule has 30 heavy (non-hydrogen) atoms. The average Bonchev–Trinajstić information content (AvgIpc) is 3.49. The predicted octanol–water partition coefficient (Wildman–Crippen LogP) is 5.44. The van der Waals surface area contributed by atoms with Crippen molar-refractivity contribution in [2.24, 2.45) is 0 Å². The van der Waals surface area contributed by atoms with Crippen molar-refractivity contribution in [3.63, 3.8) is 0 Å². The lowest BCUT2D eigenvalue weighted by Gasteiger charge is -2.21. The van der Waals surface area contributed by atoms with Gasteiger partial charge in [-0.1, -0.05) is 6.07 Å². The van der Waals surface area contributed by atoms with Crippen molar-refractivity contribution in [2.45, 2.75) is 25.9 Å². The Morgan fingerprint density at radius 1 is 1.13 bits per heavy atom. The molecule has 3 heterocycles. The first-order chi connectivity index (χ1) is 14.6. The second-order valence-electron chi connectivity index (χ2n) is 6.65. The van der Waals surface area contributed by atoms with E-state index in [0.29, 0.717) is 24.7 Å². The topological polar surface area (TPSA) is 59.5 Å². The summed E-state index contributed by atoms with van der Waals surface area (Å²) >= 11 is 1.58. The summed E-state index contributed by atoms with van der Waals surface area (Å²) in [5.74, 6) is -0.256. The fraction of sp³-hybridized carbons (Fsp3) is 0.182. The van der Waals surface area contributed by atoms with Crippen molar-refractivity contribution in [1.29, 1.82) is 0 Å². The monoisotopic (exact) mass is 428 g/mol. The highest BCUT2D eigenvalue weighted by Crippen LogP contribution is 2.25. The molecule has 0 spiro atoms. The quantitative estimate of drug-likeness (QED) is 0.375. The molecule has 0 aliphatic carbocycles. The SMILES string of the molecule is O=C(CCc1ncc(-c2ccc(F)cc2F)o1)N(Cc1ccco1)Cc1cccs1. The molecule has 8 heteroatoms. The second kappa shape index (κ2) is 9.04. The maximum Gasteiger partial charge on any atom is 0.223 e. The van der Waals surface area contributed by atoms with Crippen LogP contribution in [0.3, 0.4) is 0 Å². The number of furan rings is 1. The summed E-state index contributed by atoms with van der Waals surface area (Å²) in [6, 6.07) is 10.8. The number of aromatic nitrogens is 1. The Morgan fingerprint density at radius 2 is 2.03 bits per heavy atom. The third-order valence-corrected chi connectivity index (χ3v) is 5.37. The van der Waals surface area contributed by atoms with Crippen LogP contribution in [0.4, 0.5) is 8.78 Å². The van der Waals surface area contributed by atoms with E-state index < -0.39 is 11.6 Å². The predicted molar refractivity (Wildman–Crippen MR) is 107 cm³/mol. The van der Waals surface area contributed by atoms with Gasteiger partial charge >= 0.3 is 0 Å². The smallest absolute Gasteiger partial charge is 0.223 e. The molecule has 1 amide bonds. The Balaban J connectivity index is 1.42. The molecular weight excluding hydrogens is 410 g/mol. The van der Waals surface area contributed by atoms with E-state index in [4.69, 9.17) is 8.83 Å².